The molecule has 1 aromatic heterocycles. The zero-order valence-electron chi connectivity index (χ0n) is 15.2. The summed E-state index contributed by atoms with van der Waals surface area (Å²) in [5, 5.41) is 4.28. The van der Waals surface area contributed by atoms with Crippen LogP contribution in [0.5, 0.6) is 5.88 Å². The highest BCUT2D eigenvalue weighted by atomic mass is 35.5. The number of aromatic nitrogens is 1. The molecule has 1 aliphatic carbocycles. The molecule has 2 aromatic rings. The Bertz CT molecular complexity index is 690. The zero-order chi connectivity index (χ0) is 17.8. The minimum atomic E-state index is 0.0802. The van der Waals surface area contributed by atoms with Gasteiger partial charge in [-0.15, -0.1) is 0 Å². The summed E-state index contributed by atoms with van der Waals surface area (Å²) >= 11 is 6.17. The number of rotatable bonds is 5. The Morgan fingerprint density at radius 1 is 1.16 bits per heavy atom. The van der Waals surface area contributed by atoms with E-state index in [0.717, 1.165) is 18.5 Å². The molecule has 1 fully saturated rings. The number of ether oxygens (including phenoxy) is 1. The Kier molecular flexibility index (Phi) is 5.85. The third-order valence-electron chi connectivity index (χ3n) is 4.74. The number of nitrogens with zero attached hydrogens (tertiary/aromatic N) is 1. The molecule has 25 heavy (non-hydrogen) atoms. The summed E-state index contributed by atoms with van der Waals surface area (Å²) in [6.07, 6.45) is 5.22. The van der Waals surface area contributed by atoms with Crippen LogP contribution in [0.4, 0.5) is 5.69 Å². The Morgan fingerprint density at radius 3 is 2.64 bits per heavy atom. The maximum Gasteiger partial charge on any atom is 0.237 e. The SMILES string of the molecule is CC1CC(Nc2cc(Cl)cnc2OC(C)C)CC(c2ccccc2)C1. The molecule has 0 aliphatic heterocycles. The lowest BCUT2D eigenvalue weighted by Gasteiger charge is -2.35. The summed E-state index contributed by atoms with van der Waals surface area (Å²) in [6, 6.07) is 13.1. The van der Waals surface area contributed by atoms with E-state index in [-0.39, 0.29) is 6.10 Å². The Morgan fingerprint density at radius 2 is 1.92 bits per heavy atom. The van der Waals surface area contributed by atoms with E-state index in [9.17, 15) is 0 Å². The molecule has 1 saturated carbocycles. The van der Waals surface area contributed by atoms with Gasteiger partial charge in [0.1, 0.15) is 0 Å². The van der Waals surface area contributed by atoms with E-state index < -0.39 is 0 Å². The van der Waals surface area contributed by atoms with E-state index in [1.807, 2.05) is 19.9 Å². The summed E-state index contributed by atoms with van der Waals surface area (Å²) < 4.78 is 5.85. The van der Waals surface area contributed by atoms with Crippen LogP contribution in [0.25, 0.3) is 0 Å². The van der Waals surface area contributed by atoms with Crippen molar-refractivity contribution in [1.29, 1.82) is 0 Å². The molecule has 0 spiro atoms. The Labute approximate surface area is 155 Å². The predicted molar refractivity (Wildman–Crippen MR) is 105 cm³/mol. The van der Waals surface area contributed by atoms with Crippen molar-refractivity contribution in [2.75, 3.05) is 5.32 Å². The van der Waals surface area contributed by atoms with Crippen molar-refractivity contribution in [1.82, 2.24) is 4.98 Å². The van der Waals surface area contributed by atoms with Gasteiger partial charge in [-0.25, -0.2) is 4.98 Å². The molecular formula is C21H27ClN2O. The highest BCUT2D eigenvalue weighted by molar-refractivity contribution is 6.30. The lowest BCUT2D eigenvalue weighted by Crippen LogP contribution is -2.30. The number of anilines is 1. The van der Waals surface area contributed by atoms with E-state index in [1.165, 1.54) is 12.0 Å². The summed E-state index contributed by atoms with van der Waals surface area (Å²) in [5.41, 5.74) is 2.33. The standard InChI is InChI=1S/C21H27ClN2O/c1-14(2)25-21-20(12-18(22)13-23-21)24-19-10-15(3)9-17(11-19)16-7-5-4-6-8-16/h4-8,12-15,17,19,24H,9-11H2,1-3H3. The second kappa shape index (κ2) is 8.09. The average molecular weight is 359 g/mol. The first-order valence-corrected chi connectivity index (χ1v) is 9.52. The smallest absolute Gasteiger partial charge is 0.237 e. The van der Waals surface area contributed by atoms with Crippen LogP contribution in [-0.4, -0.2) is 17.1 Å². The Balaban J connectivity index is 1.77. The van der Waals surface area contributed by atoms with Crippen molar-refractivity contribution < 1.29 is 4.74 Å². The number of pyridine rings is 1. The van der Waals surface area contributed by atoms with Gasteiger partial charge in [-0.1, -0.05) is 48.9 Å². The van der Waals surface area contributed by atoms with Gasteiger partial charge in [-0.05, 0) is 56.6 Å². The molecule has 1 heterocycles. The molecule has 0 saturated heterocycles. The molecule has 1 aliphatic rings. The summed E-state index contributed by atoms with van der Waals surface area (Å²) in [5.74, 6) is 1.90. The molecule has 1 aromatic carbocycles. The van der Waals surface area contributed by atoms with Crippen molar-refractivity contribution in [2.24, 2.45) is 5.92 Å². The Hall–Kier alpha value is -1.74. The van der Waals surface area contributed by atoms with E-state index in [4.69, 9.17) is 16.3 Å². The maximum atomic E-state index is 6.17. The minimum Gasteiger partial charge on any atom is -0.473 e. The van der Waals surface area contributed by atoms with Crippen LogP contribution in [0.1, 0.15) is 51.5 Å². The second-order valence-electron chi connectivity index (χ2n) is 7.43. The molecule has 0 amide bonds. The van der Waals surface area contributed by atoms with Crippen LogP contribution in [-0.2, 0) is 0 Å². The lowest BCUT2D eigenvalue weighted by atomic mass is 9.76. The zero-order valence-corrected chi connectivity index (χ0v) is 16.0. The molecule has 3 atom stereocenters. The van der Waals surface area contributed by atoms with Gasteiger partial charge < -0.3 is 10.1 Å². The normalized spacial score (nSPS) is 23.5. The fraction of sp³-hybridized carbons (Fsp3) is 0.476. The summed E-state index contributed by atoms with van der Waals surface area (Å²) in [6.45, 7) is 6.36. The fourth-order valence-electron chi connectivity index (χ4n) is 3.79. The lowest BCUT2D eigenvalue weighted by molar-refractivity contribution is 0.233. The van der Waals surface area contributed by atoms with Gasteiger partial charge in [-0.3, -0.25) is 0 Å². The molecule has 0 radical (unpaired) electrons. The summed E-state index contributed by atoms with van der Waals surface area (Å²) in [7, 11) is 0. The third kappa shape index (κ3) is 4.88. The van der Waals surface area contributed by atoms with Gasteiger partial charge in [-0.2, -0.15) is 0 Å². The van der Waals surface area contributed by atoms with E-state index >= 15 is 0 Å². The second-order valence-corrected chi connectivity index (χ2v) is 7.87. The fourth-order valence-corrected chi connectivity index (χ4v) is 3.94. The molecule has 134 valence electrons. The molecular weight excluding hydrogens is 332 g/mol. The number of nitrogens with one attached hydrogen (secondary N) is 1. The average Bonchev–Trinajstić information content (AvgIpc) is 2.57. The van der Waals surface area contributed by atoms with Crippen molar-refractivity contribution in [3.8, 4) is 5.88 Å². The van der Waals surface area contributed by atoms with Crippen LogP contribution < -0.4 is 10.1 Å². The monoisotopic (exact) mass is 358 g/mol. The molecule has 3 rings (SSSR count). The van der Waals surface area contributed by atoms with Crippen LogP contribution in [0.3, 0.4) is 0 Å². The van der Waals surface area contributed by atoms with Crippen LogP contribution in [0.15, 0.2) is 42.6 Å². The van der Waals surface area contributed by atoms with Gasteiger partial charge in [0, 0.05) is 12.2 Å². The van der Waals surface area contributed by atoms with Crippen molar-refractivity contribution in [3.05, 3.63) is 53.2 Å². The van der Waals surface area contributed by atoms with E-state index in [1.54, 1.807) is 6.20 Å². The third-order valence-corrected chi connectivity index (χ3v) is 4.95. The predicted octanol–water partition coefficient (Wildman–Crippen LogP) is 5.91. The first-order valence-electron chi connectivity index (χ1n) is 9.15. The van der Waals surface area contributed by atoms with Crippen LogP contribution >= 0.6 is 11.6 Å². The number of benzene rings is 1. The van der Waals surface area contributed by atoms with Crippen LogP contribution in [0.2, 0.25) is 5.02 Å². The first-order chi connectivity index (χ1) is 12.0. The molecule has 4 heteroatoms. The molecule has 3 nitrogen and oxygen atoms in total. The molecule has 3 unspecified atom stereocenters. The largest absolute Gasteiger partial charge is 0.473 e. The topological polar surface area (TPSA) is 34.2 Å². The number of hydrogen-bond donors (Lipinski definition) is 1. The van der Waals surface area contributed by atoms with Gasteiger partial charge in [0.15, 0.2) is 0 Å². The minimum absolute atomic E-state index is 0.0802. The van der Waals surface area contributed by atoms with Crippen molar-refractivity contribution in [2.45, 2.75) is 58.1 Å². The number of hydrogen-bond acceptors (Lipinski definition) is 3. The highest BCUT2D eigenvalue weighted by Gasteiger charge is 2.28. The van der Waals surface area contributed by atoms with E-state index in [2.05, 4.69) is 47.6 Å². The molecule has 1 N–H and O–H groups in total. The molecule has 0 bridgehead atoms. The van der Waals surface area contributed by atoms with E-state index in [0.29, 0.717) is 28.8 Å². The van der Waals surface area contributed by atoms with Crippen molar-refractivity contribution in [3.63, 3.8) is 0 Å². The highest BCUT2D eigenvalue weighted by Crippen LogP contribution is 2.38. The summed E-state index contributed by atoms with van der Waals surface area (Å²) in [4.78, 5) is 4.36. The van der Waals surface area contributed by atoms with Gasteiger partial charge >= 0.3 is 0 Å². The first kappa shape index (κ1) is 18.1. The maximum absolute atomic E-state index is 6.17. The van der Waals surface area contributed by atoms with Gasteiger partial charge in [0.2, 0.25) is 5.88 Å². The van der Waals surface area contributed by atoms with Crippen molar-refractivity contribution >= 4 is 17.3 Å². The van der Waals surface area contributed by atoms with Gasteiger partial charge in [0.25, 0.3) is 0 Å². The number of halogens is 1. The van der Waals surface area contributed by atoms with Crippen LogP contribution in [0, 0.1) is 5.92 Å². The van der Waals surface area contributed by atoms with Gasteiger partial charge in [0.05, 0.1) is 16.8 Å². The quantitative estimate of drug-likeness (QED) is 0.721.